The number of benzene rings is 1. The first kappa shape index (κ1) is 12.9. The van der Waals surface area contributed by atoms with Gasteiger partial charge in [-0.05, 0) is 57.3 Å². The van der Waals surface area contributed by atoms with E-state index in [2.05, 4.69) is 28.2 Å². The molecule has 1 aliphatic rings. The second-order valence-corrected chi connectivity index (χ2v) is 5.57. The van der Waals surface area contributed by atoms with Crippen LogP contribution in [0.4, 0.5) is 0 Å². The molecule has 1 saturated heterocycles. The molecule has 3 heteroatoms. The molecule has 94 valence electrons. The molecule has 1 atom stereocenters. The zero-order valence-electron chi connectivity index (χ0n) is 10.3. The second kappa shape index (κ2) is 6.41. The van der Waals surface area contributed by atoms with Crippen LogP contribution in [0.15, 0.2) is 22.7 Å². The van der Waals surface area contributed by atoms with Crippen LogP contribution in [-0.4, -0.2) is 19.7 Å². The largest absolute Gasteiger partial charge is 0.493 e. The molecule has 0 amide bonds. The van der Waals surface area contributed by atoms with Crippen molar-refractivity contribution < 1.29 is 4.74 Å². The van der Waals surface area contributed by atoms with Gasteiger partial charge in [-0.2, -0.15) is 0 Å². The Hall–Kier alpha value is -0.540. The summed E-state index contributed by atoms with van der Waals surface area (Å²) >= 11 is 3.52. The van der Waals surface area contributed by atoms with E-state index in [0.29, 0.717) is 0 Å². The predicted octanol–water partition coefficient (Wildman–Crippen LogP) is 3.53. The molecule has 0 aromatic heterocycles. The normalized spacial score (nSPS) is 19.5. The van der Waals surface area contributed by atoms with Gasteiger partial charge in [0.1, 0.15) is 5.75 Å². The van der Waals surface area contributed by atoms with Gasteiger partial charge in [-0.3, -0.25) is 0 Å². The molecule has 0 saturated carbocycles. The van der Waals surface area contributed by atoms with E-state index in [1.165, 1.54) is 31.5 Å². The Kier molecular flexibility index (Phi) is 4.86. The minimum atomic E-state index is 0.827. The summed E-state index contributed by atoms with van der Waals surface area (Å²) in [6.45, 7) is 5.29. The van der Waals surface area contributed by atoms with Gasteiger partial charge in [0, 0.05) is 10.0 Å². The summed E-state index contributed by atoms with van der Waals surface area (Å²) in [4.78, 5) is 0. The van der Waals surface area contributed by atoms with E-state index in [-0.39, 0.29) is 0 Å². The fourth-order valence-corrected chi connectivity index (χ4v) is 2.61. The molecule has 0 bridgehead atoms. The Bertz CT molecular complexity index is 361. The van der Waals surface area contributed by atoms with Crippen molar-refractivity contribution in [2.75, 3.05) is 19.7 Å². The van der Waals surface area contributed by atoms with Gasteiger partial charge in [-0.1, -0.05) is 22.0 Å². The first-order chi connectivity index (χ1) is 8.27. The molecular formula is C14H20BrNO. The average molecular weight is 298 g/mol. The van der Waals surface area contributed by atoms with Crippen molar-refractivity contribution in [2.24, 2.45) is 5.92 Å². The maximum Gasteiger partial charge on any atom is 0.123 e. The number of nitrogens with one attached hydrogen (secondary N) is 1. The van der Waals surface area contributed by atoms with Gasteiger partial charge in [0.15, 0.2) is 0 Å². The fraction of sp³-hybridized carbons (Fsp3) is 0.571. The molecule has 1 aromatic carbocycles. The van der Waals surface area contributed by atoms with Crippen LogP contribution in [0, 0.1) is 12.8 Å². The lowest BCUT2D eigenvalue weighted by molar-refractivity contribution is 0.293. The van der Waals surface area contributed by atoms with Crippen molar-refractivity contribution in [1.29, 1.82) is 0 Å². The van der Waals surface area contributed by atoms with Crippen molar-refractivity contribution >= 4 is 15.9 Å². The smallest absolute Gasteiger partial charge is 0.123 e. The quantitative estimate of drug-likeness (QED) is 0.840. The SMILES string of the molecule is Cc1c(Br)cccc1OCCC[C@H]1CCNC1. The van der Waals surface area contributed by atoms with Gasteiger partial charge in [0.2, 0.25) is 0 Å². The van der Waals surface area contributed by atoms with Crippen molar-refractivity contribution in [1.82, 2.24) is 5.32 Å². The van der Waals surface area contributed by atoms with Crippen LogP contribution in [0.3, 0.4) is 0 Å². The average Bonchev–Trinajstić information content (AvgIpc) is 2.83. The molecular weight excluding hydrogens is 278 g/mol. The molecule has 2 nitrogen and oxygen atoms in total. The van der Waals surface area contributed by atoms with Crippen molar-refractivity contribution in [3.8, 4) is 5.75 Å². The molecule has 1 N–H and O–H groups in total. The van der Waals surface area contributed by atoms with E-state index in [0.717, 1.165) is 29.2 Å². The first-order valence-electron chi connectivity index (χ1n) is 6.36. The number of halogens is 1. The maximum atomic E-state index is 5.83. The molecule has 17 heavy (non-hydrogen) atoms. The molecule has 0 unspecified atom stereocenters. The second-order valence-electron chi connectivity index (χ2n) is 4.71. The summed E-state index contributed by atoms with van der Waals surface area (Å²) in [5.74, 6) is 1.87. The maximum absolute atomic E-state index is 5.83. The Morgan fingerprint density at radius 2 is 2.35 bits per heavy atom. The minimum absolute atomic E-state index is 0.827. The highest BCUT2D eigenvalue weighted by molar-refractivity contribution is 9.10. The van der Waals surface area contributed by atoms with Crippen LogP contribution < -0.4 is 10.1 Å². The highest BCUT2D eigenvalue weighted by atomic mass is 79.9. The van der Waals surface area contributed by atoms with E-state index in [4.69, 9.17) is 4.74 Å². The fourth-order valence-electron chi connectivity index (χ4n) is 2.26. The third-order valence-corrected chi connectivity index (χ3v) is 4.25. The third kappa shape index (κ3) is 3.71. The van der Waals surface area contributed by atoms with Gasteiger partial charge in [0.25, 0.3) is 0 Å². The Morgan fingerprint density at radius 1 is 1.47 bits per heavy atom. The van der Waals surface area contributed by atoms with E-state index < -0.39 is 0 Å². The van der Waals surface area contributed by atoms with Gasteiger partial charge in [-0.25, -0.2) is 0 Å². The summed E-state index contributed by atoms with van der Waals surface area (Å²) in [5.41, 5.74) is 1.19. The Labute approximate surface area is 112 Å². The van der Waals surface area contributed by atoms with Crippen LogP contribution in [0.5, 0.6) is 5.75 Å². The summed E-state index contributed by atoms with van der Waals surface area (Å²) in [5, 5.41) is 3.40. The molecule has 2 rings (SSSR count). The monoisotopic (exact) mass is 297 g/mol. The summed E-state index contributed by atoms with van der Waals surface area (Å²) in [6.07, 6.45) is 3.76. The lowest BCUT2D eigenvalue weighted by atomic mass is 10.0. The standard InChI is InChI=1S/C14H20BrNO/c1-11-13(15)5-2-6-14(11)17-9-3-4-12-7-8-16-10-12/h2,5-6,12,16H,3-4,7-10H2,1H3/t12-/m0/s1. The van der Waals surface area contributed by atoms with Crippen LogP contribution in [-0.2, 0) is 0 Å². The van der Waals surface area contributed by atoms with Crippen LogP contribution in [0.25, 0.3) is 0 Å². The van der Waals surface area contributed by atoms with E-state index in [1.54, 1.807) is 0 Å². The molecule has 1 heterocycles. The van der Waals surface area contributed by atoms with E-state index in [1.807, 2.05) is 18.2 Å². The van der Waals surface area contributed by atoms with E-state index >= 15 is 0 Å². The molecule has 1 fully saturated rings. The molecule has 1 aromatic rings. The molecule has 0 radical (unpaired) electrons. The van der Waals surface area contributed by atoms with Crippen molar-refractivity contribution in [2.45, 2.75) is 26.2 Å². The third-order valence-electron chi connectivity index (χ3n) is 3.39. The van der Waals surface area contributed by atoms with Gasteiger partial charge < -0.3 is 10.1 Å². The van der Waals surface area contributed by atoms with Crippen molar-refractivity contribution in [3.05, 3.63) is 28.2 Å². The van der Waals surface area contributed by atoms with Crippen LogP contribution >= 0.6 is 15.9 Å². The number of hydrogen-bond donors (Lipinski definition) is 1. The lowest BCUT2D eigenvalue weighted by Gasteiger charge is -2.11. The summed E-state index contributed by atoms with van der Waals surface area (Å²) in [6, 6.07) is 6.11. The van der Waals surface area contributed by atoms with Crippen LogP contribution in [0.1, 0.15) is 24.8 Å². The highest BCUT2D eigenvalue weighted by Gasteiger charge is 2.13. The van der Waals surface area contributed by atoms with Gasteiger partial charge >= 0.3 is 0 Å². The Balaban J connectivity index is 1.72. The number of hydrogen-bond acceptors (Lipinski definition) is 2. The number of rotatable bonds is 5. The predicted molar refractivity (Wildman–Crippen MR) is 74.6 cm³/mol. The van der Waals surface area contributed by atoms with E-state index in [9.17, 15) is 0 Å². The zero-order chi connectivity index (χ0) is 12.1. The summed E-state index contributed by atoms with van der Waals surface area (Å²) < 4.78 is 6.95. The lowest BCUT2D eigenvalue weighted by Crippen LogP contribution is -2.10. The Morgan fingerprint density at radius 3 is 3.12 bits per heavy atom. The zero-order valence-corrected chi connectivity index (χ0v) is 11.9. The molecule has 0 aliphatic carbocycles. The molecule has 1 aliphatic heterocycles. The summed E-state index contributed by atoms with van der Waals surface area (Å²) in [7, 11) is 0. The first-order valence-corrected chi connectivity index (χ1v) is 7.15. The highest BCUT2D eigenvalue weighted by Crippen LogP contribution is 2.25. The van der Waals surface area contributed by atoms with Gasteiger partial charge in [-0.15, -0.1) is 0 Å². The van der Waals surface area contributed by atoms with Gasteiger partial charge in [0.05, 0.1) is 6.61 Å². The topological polar surface area (TPSA) is 21.3 Å². The van der Waals surface area contributed by atoms with Crippen molar-refractivity contribution in [3.63, 3.8) is 0 Å². The molecule has 0 spiro atoms. The van der Waals surface area contributed by atoms with Crippen LogP contribution in [0.2, 0.25) is 0 Å². The minimum Gasteiger partial charge on any atom is -0.493 e. The number of ether oxygens (including phenoxy) is 1.